The summed E-state index contributed by atoms with van der Waals surface area (Å²) in [5.74, 6) is -0.281. The van der Waals surface area contributed by atoms with E-state index in [9.17, 15) is 14.4 Å². The van der Waals surface area contributed by atoms with Crippen LogP contribution in [0.5, 0.6) is 5.75 Å². The minimum atomic E-state index is -0.333. The predicted octanol–water partition coefficient (Wildman–Crippen LogP) is 2.69. The van der Waals surface area contributed by atoms with Gasteiger partial charge in [-0.1, -0.05) is 12.1 Å². The molecule has 0 atom stereocenters. The van der Waals surface area contributed by atoms with Crippen molar-refractivity contribution >= 4 is 34.1 Å². The lowest BCUT2D eigenvalue weighted by atomic mass is 10.2. The van der Waals surface area contributed by atoms with E-state index in [4.69, 9.17) is 4.74 Å². The van der Waals surface area contributed by atoms with Gasteiger partial charge in [0.15, 0.2) is 0 Å². The van der Waals surface area contributed by atoms with Crippen LogP contribution in [-0.4, -0.2) is 33.7 Å². The predicted molar refractivity (Wildman–Crippen MR) is 120 cm³/mol. The van der Waals surface area contributed by atoms with Gasteiger partial charge in [0.2, 0.25) is 11.3 Å². The van der Waals surface area contributed by atoms with Gasteiger partial charge in [-0.05, 0) is 36.4 Å². The number of aromatic nitrogens is 3. The van der Waals surface area contributed by atoms with E-state index in [2.05, 4.69) is 20.7 Å². The van der Waals surface area contributed by atoms with Crippen LogP contribution in [0.1, 0.15) is 10.4 Å². The normalized spacial score (nSPS) is 10.5. The lowest BCUT2D eigenvalue weighted by Crippen LogP contribution is -2.22. The summed E-state index contributed by atoms with van der Waals surface area (Å²) in [6.07, 6.45) is 4.24. The molecule has 0 saturated carbocycles. The average molecular weight is 429 g/mol. The number of nitrogens with one attached hydrogen (secondary N) is 2. The van der Waals surface area contributed by atoms with Gasteiger partial charge in [0.05, 0.1) is 30.1 Å². The Morgan fingerprint density at radius 3 is 2.66 bits per heavy atom. The highest BCUT2D eigenvalue weighted by Gasteiger charge is 2.13. The van der Waals surface area contributed by atoms with Gasteiger partial charge in [0, 0.05) is 29.5 Å². The van der Waals surface area contributed by atoms with Crippen molar-refractivity contribution in [3.05, 3.63) is 89.0 Å². The summed E-state index contributed by atoms with van der Waals surface area (Å²) in [6.45, 7) is -0.0808. The van der Waals surface area contributed by atoms with E-state index in [-0.39, 0.29) is 23.8 Å². The van der Waals surface area contributed by atoms with Crippen LogP contribution in [0.15, 0.2) is 78.0 Å². The van der Waals surface area contributed by atoms with Gasteiger partial charge in [0.1, 0.15) is 12.3 Å². The number of methoxy groups -OCH3 is 1. The molecule has 4 aromatic rings. The van der Waals surface area contributed by atoms with Crippen molar-refractivity contribution in [1.82, 2.24) is 14.8 Å². The Labute approximate surface area is 182 Å². The number of benzene rings is 2. The maximum Gasteiger partial charge on any atom is 0.257 e. The van der Waals surface area contributed by atoms with Gasteiger partial charge in [-0.2, -0.15) is 5.10 Å². The summed E-state index contributed by atoms with van der Waals surface area (Å²) < 4.78 is 6.82. The Kier molecular flexibility index (Phi) is 5.89. The second-order valence-electron chi connectivity index (χ2n) is 6.84. The highest BCUT2D eigenvalue weighted by atomic mass is 16.5. The molecule has 0 radical (unpaired) electrons. The Morgan fingerprint density at radius 1 is 1.03 bits per heavy atom. The fraction of sp³-hybridized carbons (Fsp3) is 0.0870. The molecule has 160 valence electrons. The number of amides is 2. The molecular formula is C23H19N5O4. The largest absolute Gasteiger partial charge is 0.494 e. The molecule has 2 aromatic carbocycles. The maximum absolute atomic E-state index is 12.6. The molecule has 0 aliphatic rings. The number of carbonyl (C=O) groups is 2. The summed E-state index contributed by atoms with van der Waals surface area (Å²) in [5.41, 5.74) is 1.71. The molecule has 2 N–H and O–H groups in total. The topological polar surface area (TPSA) is 115 Å². The molecule has 0 saturated heterocycles. The highest BCUT2D eigenvalue weighted by Crippen LogP contribution is 2.28. The van der Waals surface area contributed by atoms with Crippen LogP contribution < -0.4 is 20.8 Å². The minimum Gasteiger partial charge on any atom is -0.494 e. The molecule has 0 aliphatic heterocycles. The average Bonchev–Trinajstić information content (AvgIpc) is 2.82. The molecule has 0 bridgehead atoms. The Morgan fingerprint density at radius 2 is 1.88 bits per heavy atom. The third kappa shape index (κ3) is 4.46. The second-order valence-corrected chi connectivity index (χ2v) is 6.84. The first-order chi connectivity index (χ1) is 15.5. The van der Waals surface area contributed by atoms with Crippen molar-refractivity contribution in [2.45, 2.75) is 6.54 Å². The summed E-state index contributed by atoms with van der Waals surface area (Å²) in [4.78, 5) is 40.8. The van der Waals surface area contributed by atoms with Gasteiger partial charge in [-0.25, -0.2) is 0 Å². The van der Waals surface area contributed by atoms with Crippen LogP contribution in [-0.2, 0) is 11.3 Å². The van der Waals surface area contributed by atoms with Gasteiger partial charge >= 0.3 is 0 Å². The summed E-state index contributed by atoms with van der Waals surface area (Å²) in [6, 6.07) is 15.2. The number of rotatable bonds is 6. The number of para-hydroxylation sites is 1. The fourth-order valence-corrected chi connectivity index (χ4v) is 3.19. The molecule has 9 heteroatoms. The van der Waals surface area contributed by atoms with Crippen LogP contribution >= 0.6 is 0 Å². The first-order valence-electron chi connectivity index (χ1n) is 9.69. The molecular weight excluding hydrogens is 410 g/mol. The highest BCUT2D eigenvalue weighted by molar-refractivity contribution is 6.05. The monoisotopic (exact) mass is 429 g/mol. The number of hydrogen-bond donors (Lipinski definition) is 2. The van der Waals surface area contributed by atoms with Gasteiger partial charge < -0.3 is 15.4 Å². The summed E-state index contributed by atoms with van der Waals surface area (Å²) in [5, 5.41) is 10.1. The molecule has 0 fully saturated rings. The minimum absolute atomic E-state index is 0.0808. The molecule has 32 heavy (non-hydrogen) atoms. The zero-order valence-electron chi connectivity index (χ0n) is 17.1. The van der Waals surface area contributed by atoms with Gasteiger partial charge in [0.25, 0.3) is 5.91 Å². The van der Waals surface area contributed by atoms with Crippen LogP contribution in [0.2, 0.25) is 0 Å². The van der Waals surface area contributed by atoms with Crippen molar-refractivity contribution in [3.63, 3.8) is 0 Å². The van der Waals surface area contributed by atoms with E-state index < -0.39 is 0 Å². The standard InChI is InChI=1S/C23H19N5O4/c1-32-21-11-16(8-9-18(21)27-23(31)15-5-4-10-24-12-15)26-22(30)14-28-19-7-3-2-6-17(19)20(29)13-25-28/h2-13H,14H2,1H3,(H,26,30)(H,27,31). The van der Waals surface area contributed by atoms with Crippen LogP contribution in [0.3, 0.4) is 0 Å². The van der Waals surface area contributed by atoms with E-state index in [1.54, 1.807) is 60.8 Å². The Hall–Kier alpha value is -4.53. The quantitative estimate of drug-likeness (QED) is 0.487. The van der Waals surface area contributed by atoms with E-state index in [0.717, 1.165) is 0 Å². The van der Waals surface area contributed by atoms with Crippen molar-refractivity contribution in [3.8, 4) is 5.75 Å². The van der Waals surface area contributed by atoms with Crippen LogP contribution in [0.4, 0.5) is 11.4 Å². The van der Waals surface area contributed by atoms with Crippen LogP contribution in [0.25, 0.3) is 10.9 Å². The Balaban J connectivity index is 1.49. The summed E-state index contributed by atoms with van der Waals surface area (Å²) >= 11 is 0. The number of ether oxygens (including phenoxy) is 1. The van der Waals surface area contributed by atoms with Crippen molar-refractivity contribution < 1.29 is 14.3 Å². The van der Waals surface area contributed by atoms with Crippen molar-refractivity contribution in [2.75, 3.05) is 17.7 Å². The molecule has 2 amide bonds. The fourth-order valence-electron chi connectivity index (χ4n) is 3.19. The lowest BCUT2D eigenvalue weighted by molar-refractivity contribution is -0.116. The smallest absolute Gasteiger partial charge is 0.257 e. The molecule has 2 aromatic heterocycles. The SMILES string of the molecule is COc1cc(NC(=O)Cn2ncc(=O)c3ccccc32)ccc1NC(=O)c1cccnc1. The van der Waals surface area contributed by atoms with E-state index >= 15 is 0 Å². The van der Waals surface area contributed by atoms with E-state index in [1.165, 1.54) is 24.2 Å². The third-order valence-electron chi connectivity index (χ3n) is 4.71. The van der Waals surface area contributed by atoms with Crippen molar-refractivity contribution in [1.29, 1.82) is 0 Å². The molecule has 0 aliphatic carbocycles. The Bertz CT molecular complexity index is 1350. The number of carbonyl (C=O) groups excluding carboxylic acids is 2. The second kappa shape index (κ2) is 9.09. The van der Waals surface area contributed by atoms with Crippen LogP contribution in [0, 0.1) is 0 Å². The zero-order chi connectivity index (χ0) is 22.5. The number of hydrogen-bond acceptors (Lipinski definition) is 6. The van der Waals surface area contributed by atoms with Crippen molar-refractivity contribution in [2.24, 2.45) is 0 Å². The maximum atomic E-state index is 12.6. The number of fused-ring (bicyclic) bond motifs is 1. The first-order valence-corrected chi connectivity index (χ1v) is 9.69. The molecule has 0 unspecified atom stereocenters. The lowest BCUT2D eigenvalue weighted by Gasteiger charge is -2.13. The molecule has 0 spiro atoms. The summed E-state index contributed by atoms with van der Waals surface area (Å²) in [7, 11) is 1.47. The first kappa shape index (κ1) is 20.7. The zero-order valence-corrected chi connectivity index (χ0v) is 17.1. The van der Waals surface area contributed by atoms with E-state index in [0.29, 0.717) is 33.6 Å². The number of nitrogens with zero attached hydrogens (tertiary/aromatic N) is 3. The number of anilines is 2. The molecule has 2 heterocycles. The van der Waals surface area contributed by atoms with E-state index in [1.807, 2.05) is 0 Å². The molecule has 9 nitrogen and oxygen atoms in total. The third-order valence-corrected chi connectivity index (χ3v) is 4.71. The molecule has 4 rings (SSSR count). The van der Waals surface area contributed by atoms with Gasteiger partial charge in [-0.15, -0.1) is 0 Å². The number of pyridine rings is 1. The van der Waals surface area contributed by atoms with Gasteiger partial charge in [-0.3, -0.25) is 24.0 Å².